The fourth-order valence-electron chi connectivity index (χ4n) is 2.83. The fraction of sp³-hybridized carbons (Fsp3) is 0.150. The summed E-state index contributed by atoms with van der Waals surface area (Å²) in [5.41, 5.74) is 0.603. The Balaban J connectivity index is 1.59. The molecule has 0 spiro atoms. The average molecular weight is 474 g/mol. The van der Waals surface area contributed by atoms with Crippen LogP contribution in [-0.4, -0.2) is 38.3 Å². The van der Waals surface area contributed by atoms with Gasteiger partial charge in [0, 0.05) is 22.3 Å². The number of thiophene rings is 1. The number of aromatic nitrogens is 4. The Morgan fingerprint density at radius 1 is 1.29 bits per heavy atom. The van der Waals surface area contributed by atoms with Crippen LogP contribution in [-0.2, 0) is 11.3 Å². The van der Waals surface area contributed by atoms with Crippen LogP contribution in [0.25, 0.3) is 11.2 Å². The van der Waals surface area contributed by atoms with Crippen LogP contribution in [0.2, 0.25) is 5.02 Å². The number of hydrogen-bond donors (Lipinski definition) is 1. The maximum atomic E-state index is 13.0. The lowest BCUT2D eigenvalue weighted by atomic mass is 10.3. The van der Waals surface area contributed by atoms with Gasteiger partial charge >= 0.3 is 0 Å². The number of rotatable bonds is 7. The molecule has 0 unspecified atom stereocenters. The van der Waals surface area contributed by atoms with Gasteiger partial charge in [0.05, 0.1) is 25.1 Å². The van der Waals surface area contributed by atoms with Gasteiger partial charge in [-0.05, 0) is 29.6 Å². The van der Waals surface area contributed by atoms with E-state index in [2.05, 4.69) is 20.3 Å². The van der Waals surface area contributed by atoms with Gasteiger partial charge in [0.15, 0.2) is 16.3 Å². The summed E-state index contributed by atoms with van der Waals surface area (Å²) in [6.45, 7) is 0.335. The molecule has 0 fully saturated rings. The van der Waals surface area contributed by atoms with Gasteiger partial charge < -0.3 is 10.1 Å². The van der Waals surface area contributed by atoms with E-state index in [4.69, 9.17) is 16.3 Å². The second-order valence-corrected chi connectivity index (χ2v) is 8.69. The van der Waals surface area contributed by atoms with E-state index in [1.807, 2.05) is 17.5 Å². The second kappa shape index (κ2) is 9.46. The van der Waals surface area contributed by atoms with Gasteiger partial charge in [-0.25, -0.2) is 15.0 Å². The van der Waals surface area contributed by atoms with Crippen LogP contribution in [0, 0.1) is 0 Å². The first-order valence-electron chi connectivity index (χ1n) is 9.05. The highest BCUT2D eigenvalue weighted by molar-refractivity contribution is 7.99. The quantitative estimate of drug-likeness (QED) is 0.323. The molecule has 0 aliphatic carbocycles. The number of carbonyl (C=O) groups excluding carboxylic acids is 1. The Labute approximate surface area is 190 Å². The molecule has 1 amide bonds. The van der Waals surface area contributed by atoms with Gasteiger partial charge in [0.2, 0.25) is 5.91 Å². The zero-order valence-corrected chi connectivity index (χ0v) is 18.6. The Bertz CT molecular complexity index is 1290. The summed E-state index contributed by atoms with van der Waals surface area (Å²) in [5, 5.41) is 5.58. The first kappa shape index (κ1) is 21.3. The summed E-state index contributed by atoms with van der Waals surface area (Å²) in [7, 11) is 1.51. The number of amides is 1. The van der Waals surface area contributed by atoms with Crippen molar-refractivity contribution >= 4 is 57.5 Å². The van der Waals surface area contributed by atoms with Crippen molar-refractivity contribution in [2.24, 2.45) is 0 Å². The SMILES string of the molecule is COc1ccc(Cl)cc1NC(=O)CSc1nc2nccnc2c(=O)n1Cc1cccs1. The Kier molecular flexibility index (Phi) is 6.50. The number of thioether (sulfide) groups is 1. The van der Waals surface area contributed by atoms with Crippen LogP contribution < -0.4 is 15.6 Å². The van der Waals surface area contributed by atoms with Crippen molar-refractivity contribution in [3.8, 4) is 5.75 Å². The van der Waals surface area contributed by atoms with Crippen molar-refractivity contribution in [1.29, 1.82) is 0 Å². The molecule has 3 aromatic heterocycles. The van der Waals surface area contributed by atoms with Crippen LogP contribution in [0.15, 0.2) is 58.1 Å². The van der Waals surface area contributed by atoms with E-state index in [1.54, 1.807) is 18.2 Å². The largest absolute Gasteiger partial charge is 0.495 e. The Hall–Kier alpha value is -2.95. The zero-order chi connectivity index (χ0) is 21.8. The van der Waals surface area contributed by atoms with Crippen LogP contribution in [0.5, 0.6) is 5.75 Å². The van der Waals surface area contributed by atoms with Crippen LogP contribution in [0.1, 0.15) is 4.88 Å². The molecule has 0 saturated carbocycles. The van der Waals surface area contributed by atoms with Crippen molar-refractivity contribution < 1.29 is 9.53 Å². The molecule has 0 bridgehead atoms. The van der Waals surface area contributed by atoms with Gasteiger partial charge in [0.25, 0.3) is 5.56 Å². The predicted octanol–water partition coefficient (Wildman–Crippen LogP) is 3.69. The number of nitrogens with zero attached hydrogens (tertiary/aromatic N) is 4. The zero-order valence-electron chi connectivity index (χ0n) is 16.2. The maximum absolute atomic E-state index is 13.0. The van der Waals surface area contributed by atoms with E-state index < -0.39 is 0 Å². The lowest BCUT2D eigenvalue weighted by molar-refractivity contribution is -0.113. The maximum Gasteiger partial charge on any atom is 0.282 e. The number of carbonyl (C=O) groups is 1. The highest BCUT2D eigenvalue weighted by atomic mass is 35.5. The number of ether oxygens (including phenoxy) is 1. The molecule has 4 rings (SSSR count). The number of anilines is 1. The Morgan fingerprint density at radius 2 is 2.13 bits per heavy atom. The number of methoxy groups -OCH3 is 1. The van der Waals surface area contributed by atoms with Gasteiger partial charge in [0.1, 0.15) is 5.75 Å². The van der Waals surface area contributed by atoms with E-state index >= 15 is 0 Å². The average Bonchev–Trinajstić information content (AvgIpc) is 3.28. The topological polar surface area (TPSA) is 99.0 Å². The summed E-state index contributed by atoms with van der Waals surface area (Å²) in [4.78, 5) is 39.3. The minimum Gasteiger partial charge on any atom is -0.495 e. The van der Waals surface area contributed by atoms with Crippen molar-refractivity contribution in [3.63, 3.8) is 0 Å². The van der Waals surface area contributed by atoms with Gasteiger partial charge in [-0.1, -0.05) is 29.4 Å². The first-order chi connectivity index (χ1) is 15.0. The van der Waals surface area contributed by atoms with Crippen molar-refractivity contribution in [1.82, 2.24) is 19.5 Å². The van der Waals surface area contributed by atoms with Crippen LogP contribution in [0.3, 0.4) is 0 Å². The van der Waals surface area contributed by atoms with Crippen molar-refractivity contribution in [3.05, 3.63) is 68.4 Å². The van der Waals surface area contributed by atoms with Gasteiger partial charge in [-0.15, -0.1) is 11.3 Å². The lowest BCUT2D eigenvalue weighted by Gasteiger charge is -2.13. The summed E-state index contributed by atoms with van der Waals surface area (Å²) in [5.74, 6) is 0.233. The minimum atomic E-state index is -0.300. The van der Waals surface area contributed by atoms with Crippen molar-refractivity contribution in [2.75, 3.05) is 18.2 Å². The summed E-state index contributed by atoms with van der Waals surface area (Å²) < 4.78 is 6.77. The molecule has 0 saturated heterocycles. The molecule has 158 valence electrons. The molecule has 11 heteroatoms. The minimum absolute atomic E-state index is 0.0261. The van der Waals surface area contributed by atoms with E-state index in [-0.39, 0.29) is 28.4 Å². The standard InChI is InChI=1S/C20H16ClN5O3S2/c1-29-15-5-4-12(21)9-14(15)24-16(27)11-31-20-25-18-17(22-6-7-23-18)19(28)26(20)10-13-3-2-8-30-13/h2-9H,10-11H2,1H3,(H,24,27). The molecule has 31 heavy (non-hydrogen) atoms. The number of halogens is 1. The number of hydrogen-bond acceptors (Lipinski definition) is 8. The van der Waals surface area contributed by atoms with Gasteiger partial charge in [-0.3, -0.25) is 14.2 Å². The third-order valence-corrected chi connectivity index (χ3v) is 6.29. The Morgan fingerprint density at radius 3 is 2.90 bits per heavy atom. The van der Waals surface area contributed by atoms with Gasteiger partial charge in [-0.2, -0.15) is 0 Å². The molecule has 1 N–H and O–H groups in total. The molecule has 0 aliphatic heterocycles. The molecule has 8 nitrogen and oxygen atoms in total. The molecule has 0 radical (unpaired) electrons. The molecule has 4 aromatic rings. The van der Waals surface area contributed by atoms with E-state index in [9.17, 15) is 9.59 Å². The summed E-state index contributed by atoms with van der Waals surface area (Å²) in [6, 6.07) is 8.81. The number of fused-ring (bicyclic) bond motifs is 1. The third kappa shape index (κ3) is 4.87. The molecular formula is C20H16ClN5O3S2. The first-order valence-corrected chi connectivity index (χ1v) is 11.3. The molecule has 0 aliphatic rings. The lowest BCUT2D eigenvalue weighted by Crippen LogP contribution is -2.25. The predicted molar refractivity (Wildman–Crippen MR) is 122 cm³/mol. The third-order valence-electron chi connectivity index (χ3n) is 4.22. The summed E-state index contributed by atoms with van der Waals surface area (Å²) >= 11 is 8.70. The molecular weight excluding hydrogens is 458 g/mol. The molecule has 1 aromatic carbocycles. The summed E-state index contributed by atoms with van der Waals surface area (Å²) in [6.07, 6.45) is 2.94. The van der Waals surface area contributed by atoms with E-state index in [0.29, 0.717) is 28.2 Å². The fourth-order valence-corrected chi connectivity index (χ4v) is 4.48. The van der Waals surface area contributed by atoms with E-state index in [0.717, 1.165) is 16.6 Å². The number of nitrogens with one attached hydrogen (secondary N) is 1. The monoisotopic (exact) mass is 473 g/mol. The van der Waals surface area contributed by atoms with Crippen LogP contribution >= 0.6 is 34.7 Å². The second-order valence-electron chi connectivity index (χ2n) is 6.28. The highest BCUT2D eigenvalue weighted by Crippen LogP contribution is 2.28. The number of benzene rings is 1. The van der Waals surface area contributed by atoms with E-state index in [1.165, 1.54) is 35.4 Å². The highest BCUT2D eigenvalue weighted by Gasteiger charge is 2.16. The molecule has 0 atom stereocenters. The van der Waals surface area contributed by atoms with Crippen molar-refractivity contribution in [2.45, 2.75) is 11.7 Å². The normalized spacial score (nSPS) is 10.9. The molecule has 3 heterocycles. The van der Waals surface area contributed by atoms with Crippen LogP contribution in [0.4, 0.5) is 5.69 Å². The smallest absolute Gasteiger partial charge is 0.282 e.